The number of hydrogen-bond acceptors (Lipinski definition) is 11. The first-order chi connectivity index (χ1) is 18.6. The highest BCUT2D eigenvalue weighted by atomic mass is 16.7. The van der Waals surface area contributed by atoms with Crippen LogP contribution in [0.2, 0.25) is 0 Å². The van der Waals surface area contributed by atoms with Crippen molar-refractivity contribution in [3.8, 4) is 5.75 Å². The van der Waals surface area contributed by atoms with Crippen LogP contribution in [0.4, 0.5) is 11.4 Å². The summed E-state index contributed by atoms with van der Waals surface area (Å²) < 4.78 is 33.4. The minimum absolute atomic E-state index is 0.328. The second-order valence-corrected chi connectivity index (χ2v) is 9.21. The van der Waals surface area contributed by atoms with Crippen molar-refractivity contribution in [1.29, 1.82) is 0 Å². The van der Waals surface area contributed by atoms with Crippen LogP contribution in [-0.2, 0) is 49.3 Å². The summed E-state index contributed by atoms with van der Waals surface area (Å²) in [6, 6.07) is 15.5. The smallest absolute Gasteiger partial charge is 0.303 e. The molecule has 0 aromatic heterocycles. The number of carbonyl (C=O) groups excluding carboxylic acids is 4. The molecule has 2 aromatic rings. The first-order valence-electron chi connectivity index (χ1n) is 12.5. The Bertz CT molecular complexity index is 1210. The van der Waals surface area contributed by atoms with Gasteiger partial charge in [0.1, 0.15) is 18.5 Å². The van der Waals surface area contributed by atoms with E-state index in [-0.39, 0.29) is 6.61 Å². The molecular formula is C28H31NO10. The summed E-state index contributed by atoms with van der Waals surface area (Å²) in [5.74, 6) is -2.32. The SMILES string of the molecule is CC(=O)OCC1O[C@H](Oc2ccc(N3CCc4ccccc43)cc2)[C@H](OC(C)=O)C(OC(C)=O)[C@@H]1OC(C)=O. The Labute approximate surface area is 225 Å². The third-order valence-corrected chi connectivity index (χ3v) is 6.24. The maximum Gasteiger partial charge on any atom is 0.303 e. The Morgan fingerprint density at radius 1 is 0.795 bits per heavy atom. The van der Waals surface area contributed by atoms with E-state index in [4.69, 9.17) is 28.4 Å². The molecule has 2 aliphatic rings. The van der Waals surface area contributed by atoms with E-state index in [2.05, 4.69) is 17.0 Å². The van der Waals surface area contributed by atoms with Crippen LogP contribution in [0.5, 0.6) is 5.75 Å². The van der Waals surface area contributed by atoms with Crippen LogP contribution in [0.25, 0.3) is 0 Å². The molecule has 11 nitrogen and oxygen atoms in total. The zero-order valence-electron chi connectivity index (χ0n) is 22.2. The summed E-state index contributed by atoms with van der Waals surface area (Å²) in [5.41, 5.74) is 3.38. The number of nitrogens with zero attached hydrogens (tertiary/aromatic N) is 1. The maximum absolute atomic E-state index is 12.0. The topological polar surface area (TPSA) is 127 Å². The quantitative estimate of drug-likeness (QED) is 0.362. The van der Waals surface area contributed by atoms with Gasteiger partial charge in [0.05, 0.1) is 0 Å². The Kier molecular flexibility index (Phi) is 8.70. The molecule has 4 rings (SSSR count). The summed E-state index contributed by atoms with van der Waals surface area (Å²) in [6.45, 7) is 5.23. The van der Waals surface area contributed by atoms with Crippen LogP contribution in [-0.4, -0.2) is 67.7 Å². The Balaban J connectivity index is 1.60. The average molecular weight is 542 g/mol. The Morgan fingerprint density at radius 3 is 2.05 bits per heavy atom. The highest BCUT2D eigenvalue weighted by Gasteiger charge is 2.53. The minimum atomic E-state index is -1.30. The lowest BCUT2D eigenvalue weighted by Crippen LogP contribution is -2.63. The number of esters is 4. The fourth-order valence-electron chi connectivity index (χ4n) is 4.73. The molecule has 2 heterocycles. The van der Waals surface area contributed by atoms with Crippen molar-refractivity contribution in [3.05, 3.63) is 54.1 Å². The van der Waals surface area contributed by atoms with Gasteiger partial charge in [0, 0.05) is 45.6 Å². The predicted molar refractivity (Wildman–Crippen MR) is 136 cm³/mol. The number of carbonyl (C=O) groups is 4. The van der Waals surface area contributed by atoms with E-state index in [1.807, 2.05) is 24.3 Å². The van der Waals surface area contributed by atoms with Gasteiger partial charge in [0.25, 0.3) is 0 Å². The van der Waals surface area contributed by atoms with Gasteiger partial charge < -0.3 is 33.3 Å². The fraction of sp³-hybridized carbons (Fsp3) is 0.429. The lowest BCUT2D eigenvalue weighted by Gasteiger charge is -2.43. The summed E-state index contributed by atoms with van der Waals surface area (Å²) in [6.07, 6.45) is -5.26. The normalized spacial score (nSPS) is 23.8. The lowest BCUT2D eigenvalue weighted by molar-refractivity contribution is -0.288. The molecule has 11 heteroatoms. The Morgan fingerprint density at radius 2 is 1.41 bits per heavy atom. The first-order valence-corrected chi connectivity index (χ1v) is 12.5. The molecule has 208 valence electrons. The number of para-hydroxylation sites is 1. The van der Waals surface area contributed by atoms with Gasteiger partial charge in [-0.2, -0.15) is 0 Å². The predicted octanol–water partition coefficient (Wildman–Crippen LogP) is 2.84. The molecule has 2 unspecified atom stereocenters. The number of rotatable bonds is 8. The standard InChI is InChI=1S/C28H31NO10/c1-16(30)34-15-24-25(35-17(2)31)26(36-18(3)32)27(37-19(4)33)28(39-24)38-22-11-9-21(10-12-22)29-14-13-20-7-5-6-8-23(20)29/h5-12,24-28H,13-15H2,1-4H3/t24?,25-,26?,27-,28+/m1/s1. The van der Waals surface area contributed by atoms with E-state index in [0.29, 0.717) is 5.75 Å². The van der Waals surface area contributed by atoms with Crippen molar-refractivity contribution in [2.75, 3.05) is 18.1 Å². The van der Waals surface area contributed by atoms with Gasteiger partial charge in [-0.05, 0) is 42.3 Å². The Hall–Kier alpha value is -4.12. The maximum atomic E-state index is 12.0. The lowest BCUT2D eigenvalue weighted by atomic mass is 9.98. The summed E-state index contributed by atoms with van der Waals surface area (Å²) in [5, 5.41) is 0. The molecule has 39 heavy (non-hydrogen) atoms. The van der Waals surface area contributed by atoms with Crippen LogP contribution in [0.1, 0.15) is 33.3 Å². The average Bonchev–Trinajstić information content (AvgIpc) is 3.30. The molecular weight excluding hydrogens is 510 g/mol. The summed E-state index contributed by atoms with van der Waals surface area (Å²) >= 11 is 0. The zero-order chi connectivity index (χ0) is 28.1. The molecule has 1 saturated heterocycles. The van der Waals surface area contributed by atoms with Crippen molar-refractivity contribution in [2.24, 2.45) is 0 Å². The highest BCUT2D eigenvalue weighted by Crippen LogP contribution is 2.36. The van der Waals surface area contributed by atoms with Crippen molar-refractivity contribution in [2.45, 2.75) is 64.8 Å². The van der Waals surface area contributed by atoms with E-state index in [1.165, 1.54) is 19.4 Å². The number of benzene rings is 2. The molecule has 0 amide bonds. The number of anilines is 2. The van der Waals surface area contributed by atoms with Crippen molar-refractivity contribution >= 4 is 35.3 Å². The van der Waals surface area contributed by atoms with Gasteiger partial charge in [-0.25, -0.2) is 0 Å². The zero-order valence-corrected chi connectivity index (χ0v) is 22.2. The molecule has 0 spiro atoms. The van der Waals surface area contributed by atoms with Crippen molar-refractivity contribution in [1.82, 2.24) is 0 Å². The van der Waals surface area contributed by atoms with Crippen LogP contribution >= 0.6 is 0 Å². The van der Waals surface area contributed by atoms with Crippen LogP contribution < -0.4 is 9.64 Å². The van der Waals surface area contributed by atoms with Crippen molar-refractivity contribution in [3.63, 3.8) is 0 Å². The number of ether oxygens (including phenoxy) is 6. The number of hydrogen-bond donors (Lipinski definition) is 0. The largest absolute Gasteiger partial charge is 0.463 e. The van der Waals surface area contributed by atoms with Gasteiger partial charge in [-0.3, -0.25) is 19.2 Å². The van der Waals surface area contributed by atoms with Crippen molar-refractivity contribution < 1.29 is 47.6 Å². The second kappa shape index (κ2) is 12.2. The molecule has 0 radical (unpaired) electrons. The summed E-state index contributed by atoms with van der Waals surface area (Å²) in [4.78, 5) is 49.6. The monoisotopic (exact) mass is 541 g/mol. The van der Waals surface area contributed by atoms with E-state index < -0.39 is 54.6 Å². The summed E-state index contributed by atoms with van der Waals surface area (Å²) in [7, 11) is 0. The third-order valence-electron chi connectivity index (χ3n) is 6.24. The van der Waals surface area contributed by atoms with Crippen LogP contribution in [0.3, 0.4) is 0 Å². The molecule has 2 aromatic carbocycles. The van der Waals surface area contributed by atoms with Gasteiger partial charge >= 0.3 is 23.9 Å². The van der Waals surface area contributed by atoms with Gasteiger partial charge in [-0.15, -0.1) is 0 Å². The van der Waals surface area contributed by atoms with Crippen LogP contribution in [0.15, 0.2) is 48.5 Å². The van der Waals surface area contributed by atoms with E-state index >= 15 is 0 Å². The minimum Gasteiger partial charge on any atom is -0.463 e. The highest BCUT2D eigenvalue weighted by molar-refractivity contribution is 5.70. The second-order valence-electron chi connectivity index (χ2n) is 9.21. The molecule has 0 bridgehead atoms. The van der Waals surface area contributed by atoms with Crippen LogP contribution in [0, 0.1) is 0 Å². The molecule has 0 N–H and O–H groups in total. The molecule has 0 aliphatic carbocycles. The van der Waals surface area contributed by atoms with Gasteiger partial charge in [-0.1, -0.05) is 18.2 Å². The van der Waals surface area contributed by atoms with E-state index in [9.17, 15) is 19.2 Å². The molecule has 5 atom stereocenters. The van der Waals surface area contributed by atoms with E-state index in [0.717, 1.165) is 38.2 Å². The number of fused-ring (bicyclic) bond motifs is 1. The molecule has 0 saturated carbocycles. The van der Waals surface area contributed by atoms with E-state index in [1.54, 1.807) is 12.1 Å². The van der Waals surface area contributed by atoms with Gasteiger partial charge in [0.2, 0.25) is 12.4 Å². The fourth-order valence-corrected chi connectivity index (χ4v) is 4.73. The molecule has 2 aliphatic heterocycles. The third kappa shape index (κ3) is 6.85. The first kappa shape index (κ1) is 27.9. The molecule has 1 fully saturated rings. The van der Waals surface area contributed by atoms with Gasteiger partial charge in [0.15, 0.2) is 12.2 Å².